The Balaban J connectivity index is 3.69. The Labute approximate surface area is 95.8 Å². The first-order chi connectivity index (χ1) is 6.70. The molecule has 0 aliphatic heterocycles. The summed E-state index contributed by atoms with van der Waals surface area (Å²) in [6.07, 6.45) is 1.79. The highest BCUT2D eigenvalue weighted by Gasteiger charge is 2.13. The van der Waals surface area contributed by atoms with Gasteiger partial charge in [0.25, 0.3) is 0 Å². The second kappa shape index (κ2) is 6.49. The molecule has 92 valence electrons. The second-order valence-electron chi connectivity index (χ2n) is 6.02. The molecule has 2 unspecified atom stereocenters. The highest BCUT2D eigenvalue weighted by atomic mass is 16.5. The van der Waals surface area contributed by atoms with Gasteiger partial charge in [-0.2, -0.15) is 0 Å². The van der Waals surface area contributed by atoms with Gasteiger partial charge < -0.3 is 10.1 Å². The standard InChI is InChI=1S/C13H29NO/c1-10(2)8-11(3)15-12(4)9-14-13(5,6)7/h10-12,14H,8-9H2,1-7H3. The van der Waals surface area contributed by atoms with Crippen LogP contribution in [0.1, 0.15) is 54.9 Å². The third-order valence-electron chi connectivity index (χ3n) is 2.19. The lowest BCUT2D eigenvalue weighted by molar-refractivity contribution is -0.00361. The number of ether oxygens (including phenoxy) is 1. The van der Waals surface area contributed by atoms with Crippen molar-refractivity contribution in [2.75, 3.05) is 6.54 Å². The summed E-state index contributed by atoms with van der Waals surface area (Å²) in [7, 11) is 0. The first-order valence-electron chi connectivity index (χ1n) is 6.11. The molecule has 0 bridgehead atoms. The average molecular weight is 215 g/mol. The molecule has 2 atom stereocenters. The maximum atomic E-state index is 5.89. The number of hydrogen-bond acceptors (Lipinski definition) is 2. The Kier molecular flexibility index (Phi) is 6.46. The minimum Gasteiger partial charge on any atom is -0.374 e. The summed E-state index contributed by atoms with van der Waals surface area (Å²) in [6.45, 7) is 16.2. The molecule has 0 aliphatic rings. The van der Waals surface area contributed by atoms with Gasteiger partial charge in [-0.25, -0.2) is 0 Å². The van der Waals surface area contributed by atoms with Crippen LogP contribution in [0.4, 0.5) is 0 Å². The number of hydrogen-bond donors (Lipinski definition) is 1. The zero-order valence-electron chi connectivity index (χ0n) is 11.6. The van der Waals surface area contributed by atoms with Crippen molar-refractivity contribution in [3.05, 3.63) is 0 Å². The molecule has 0 aliphatic carbocycles. The van der Waals surface area contributed by atoms with Crippen molar-refractivity contribution in [1.82, 2.24) is 5.32 Å². The summed E-state index contributed by atoms with van der Waals surface area (Å²) >= 11 is 0. The lowest BCUT2D eigenvalue weighted by atomic mass is 10.1. The largest absolute Gasteiger partial charge is 0.374 e. The van der Waals surface area contributed by atoms with Crippen LogP contribution in [0, 0.1) is 5.92 Å². The molecule has 15 heavy (non-hydrogen) atoms. The molecule has 0 rings (SSSR count). The molecule has 0 radical (unpaired) electrons. The Morgan fingerprint density at radius 1 is 1.00 bits per heavy atom. The maximum Gasteiger partial charge on any atom is 0.0675 e. The summed E-state index contributed by atoms with van der Waals surface area (Å²) in [5.74, 6) is 0.711. The average Bonchev–Trinajstić information content (AvgIpc) is 1.97. The molecule has 0 spiro atoms. The third-order valence-corrected chi connectivity index (χ3v) is 2.19. The van der Waals surface area contributed by atoms with E-state index >= 15 is 0 Å². The fraction of sp³-hybridized carbons (Fsp3) is 1.00. The highest BCUT2D eigenvalue weighted by molar-refractivity contribution is 4.72. The first kappa shape index (κ1) is 14.9. The van der Waals surface area contributed by atoms with Gasteiger partial charge >= 0.3 is 0 Å². The van der Waals surface area contributed by atoms with Crippen LogP contribution in [-0.2, 0) is 4.74 Å². The van der Waals surface area contributed by atoms with Gasteiger partial charge in [-0.15, -0.1) is 0 Å². The van der Waals surface area contributed by atoms with Crippen LogP contribution in [0.15, 0.2) is 0 Å². The topological polar surface area (TPSA) is 21.3 Å². The van der Waals surface area contributed by atoms with Crippen molar-refractivity contribution in [1.29, 1.82) is 0 Å². The summed E-state index contributed by atoms with van der Waals surface area (Å²) < 4.78 is 5.89. The maximum absolute atomic E-state index is 5.89. The fourth-order valence-electron chi connectivity index (χ4n) is 1.61. The Hall–Kier alpha value is -0.0800. The van der Waals surface area contributed by atoms with Crippen molar-refractivity contribution >= 4 is 0 Å². The molecule has 0 fully saturated rings. The molecule has 0 saturated heterocycles. The molecule has 0 heterocycles. The predicted octanol–water partition coefficient (Wildman–Crippen LogP) is 3.21. The van der Waals surface area contributed by atoms with Crippen LogP contribution < -0.4 is 5.32 Å². The molecule has 0 aromatic rings. The smallest absolute Gasteiger partial charge is 0.0675 e. The van der Waals surface area contributed by atoms with Gasteiger partial charge in [0.05, 0.1) is 12.2 Å². The quantitative estimate of drug-likeness (QED) is 0.734. The highest BCUT2D eigenvalue weighted by Crippen LogP contribution is 2.10. The van der Waals surface area contributed by atoms with Crippen LogP contribution in [0.25, 0.3) is 0 Å². The van der Waals surface area contributed by atoms with E-state index in [0.717, 1.165) is 13.0 Å². The van der Waals surface area contributed by atoms with E-state index in [-0.39, 0.29) is 11.6 Å². The molecular weight excluding hydrogens is 186 g/mol. The minimum atomic E-state index is 0.179. The summed E-state index contributed by atoms with van der Waals surface area (Å²) in [5.41, 5.74) is 0.179. The molecule has 0 saturated carbocycles. The van der Waals surface area contributed by atoms with E-state index in [0.29, 0.717) is 12.0 Å². The van der Waals surface area contributed by atoms with E-state index in [9.17, 15) is 0 Å². The summed E-state index contributed by atoms with van der Waals surface area (Å²) in [4.78, 5) is 0. The molecule has 0 aromatic carbocycles. The molecule has 0 aromatic heterocycles. The van der Waals surface area contributed by atoms with E-state index in [1.807, 2.05) is 0 Å². The SMILES string of the molecule is CC(C)CC(C)OC(C)CNC(C)(C)C. The minimum absolute atomic E-state index is 0.179. The molecule has 0 amide bonds. The van der Waals surface area contributed by atoms with Crippen molar-refractivity contribution < 1.29 is 4.74 Å². The van der Waals surface area contributed by atoms with Crippen LogP contribution in [0.5, 0.6) is 0 Å². The Bertz CT molecular complexity index is 160. The fourth-order valence-corrected chi connectivity index (χ4v) is 1.61. The second-order valence-corrected chi connectivity index (χ2v) is 6.02. The van der Waals surface area contributed by atoms with Crippen LogP contribution in [-0.4, -0.2) is 24.3 Å². The van der Waals surface area contributed by atoms with Crippen LogP contribution in [0.2, 0.25) is 0 Å². The van der Waals surface area contributed by atoms with E-state index in [4.69, 9.17) is 4.74 Å². The van der Waals surface area contributed by atoms with Crippen molar-refractivity contribution in [2.45, 2.75) is 72.6 Å². The van der Waals surface area contributed by atoms with Crippen molar-refractivity contribution in [3.8, 4) is 0 Å². The van der Waals surface area contributed by atoms with Gasteiger partial charge in [0.1, 0.15) is 0 Å². The van der Waals surface area contributed by atoms with E-state index < -0.39 is 0 Å². The normalized spacial score (nSPS) is 16.8. The summed E-state index contributed by atoms with van der Waals surface area (Å²) in [6, 6.07) is 0. The van der Waals surface area contributed by atoms with E-state index in [1.54, 1.807) is 0 Å². The molecule has 1 N–H and O–H groups in total. The summed E-state index contributed by atoms with van der Waals surface area (Å²) in [5, 5.41) is 3.46. The lowest BCUT2D eigenvalue weighted by Crippen LogP contribution is -2.41. The van der Waals surface area contributed by atoms with Crippen LogP contribution >= 0.6 is 0 Å². The molecule has 2 nitrogen and oxygen atoms in total. The first-order valence-corrected chi connectivity index (χ1v) is 6.11. The van der Waals surface area contributed by atoms with Crippen molar-refractivity contribution in [2.24, 2.45) is 5.92 Å². The van der Waals surface area contributed by atoms with Gasteiger partial charge in [0.15, 0.2) is 0 Å². The molecular formula is C13H29NO. The molecule has 2 heteroatoms. The monoisotopic (exact) mass is 215 g/mol. The van der Waals surface area contributed by atoms with E-state index in [2.05, 4.69) is 53.8 Å². The van der Waals surface area contributed by atoms with Gasteiger partial charge in [0.2, 0.25) is 0 Å². The Morgan fingerprint density at radius 3 is 1.93 bits per heavy atom. The Morgan fingerprint density at radius 2 is 1.53 bits per heavy atom. The van der Waals surface area contributed by atoms with Gasteiger partial charge in [-0.3, -0.25) is 0 Å². The van der Waals surface area contributed by atoms with Gasteiger partial charge in [-0.1, -0.05) is 13.8 Å². The van der Waals surface area contributed by atoms with Crippen LogP contribution in [0.3, 0.4) is 0 Å². The number of rotatable bonds is 6. The zero-order chi connectivity index (χ0) is 12.1. The van der Waals surface area contributed by atoms with Crippen molar-refractivity contribution in [3.63, 3.8) is 0 Å². The van der Waals surface area contributed by atoms with Gasteiger partial charge in [-0.05, 0) is 47.0 Å². The van der Waals surface area contributed by atoms with Gasteiger partial charge in [0, 0.05) is 12.1 Å². The number of nitrogens with one attached hydrogen (secondary N) is 1. The predicted molar refractivity (Wildman–Crippen MR) is 67.2 cm³/mol. The zero-order valence-corrected chi connectivity index (χ0v) is 11.6. The lowest BCUT2D eigenvalue weighted by Gasteiger charge is -2.26. The third kappa shape index (κ3) is 10.2. The van der Waals surface area contributed by atoms with E-state index in [1.165, 1.54) is 0 Å².